The lowest BCUT2D eigenvalue weighted by Crippen LogP contribution is -2.34. The van der Waals surface area contributed by atoms with Gasteiger partial charge in [-0.1, -0.05) is 30.3 Å². The van der Waals surface area contributed by atoms with Gasteiger partial charge in [-0.05, 0) is 17.7 Å². The van der Waals surface area contributed by atoms with Gasteiger partial charge in [0.1, 0.15) is 5.76 Å². The van der Waals surface area contributed by atoms with Crippen LogP contribution >= 0.6 is 0 Å². The lowest BCUT2D eigenvalue weighted by molar-refractivity contribution is -0.118. The topological polar surface area (TPSA) is 95.7 Å². The first kappa shape index (κ1) is 17.5. The maximum Gasteiger partial charge on any atom is 0.330 e. The summed E-state index contributed by atoms with van der Waals surface area (Å²) >= 11 is 0. The number of nitrogens with zero attached hydrogens (tertiary/aromatic N) is 1. The van der Waals surface area contributed by atoms with E-state index >= 15 is 0 Å². The second-order valence-electron chi connectivity index (χ2n) is 6.04. The molecule has 140 valence electrons. The second-order valence-corrected chi connectivity index (χ2v) is 6.04. The molecular weight excluding hydrogens is 352 g/mol. The van der Waals surface area contributed by atoms with Crippen LogP contribution in [0.1, 0.15) is 11.8 Å². The number of furan rings is 1. The molecule has 0 unspecified atom stereocenters. The van der Waals surface area contributed by atoms with Gasteiger partial charge in [0.25, 0.3) is 5.56 Å². The monoisotopic (exact) mass is 370 g/mol. The van der Waals surface area contributed by atoms with Crippen molar-refractivity contribution in [1.29, 1.82) is 0 Å². The Hall–Kier alpha value is -2.94. The molecular formula is C19H18N2O6. The Bertz CT molecular complexity index is 993. The van der Waals surface area contributed by atoms with E-state index in [4.69, 9.17) is 18.6 Å². The maximum atomic E-state index is 12.2. The van der Waals surface area contributed by atoms with E-state index in [1.165, 1.54) is 17.0 Å². The Balaban J connectivity index is 1.42. The molecule has 0 aliphatic carbocycles. The van der Waals surface area contributed by atoms with Gasteiger partial charge in [0.05, 0.1) is 31.6 Å². The van der Waals surface area contributed by atoms with Crippen LogP contribution < -0.4 is 11.2 Å². The molecule has 1 aliphatic rings. The zero-order valence-electron chi connectivity index (χ0n) is 14.4. The number of aromatic nitrogens is 2. The summed E-state index contributed by atoms with van der Waals surface area (Å²) in [5.41, 5.74) is 0.196. The van der Waals surface area contributed by atoms with Gasteiger partial charge in [-0.15, -0.1) is 0 Å². The van der Waals surface area contributed by atoms with Crippen LogP contribution in [0.4, 0.5) is 0 Å². The molecule has 3 heterocycles. The third kappa shape index (κ3) is 3.92. The maximum absolute atomic E-state index is 12.2. The molecule has 1 saturated heterocycles. The Morgan fingerprint density at radius 1 is 1.15 bits per heavy atom. The standard InChI is InChI=1S/C19H18N2O6/c22-18-14(15-7-4-8-25-15)9-21(19(23)20-18)16-11-26-17(27-16)12-24-10-13-5-2-1-3-6-13/h1-9,16-17H,10-12H2,(H,20,22,23)/t16-,17-/m1/s1. The quantitative estimate of drug-likeness (QED) is 0.712. The van der Waals surface area contributed by atoms with E-state index in [0.717, 1.165) is 5.56 Å². The molecule has 1 aromatic carbocycles. The van der Waals surface area contributed by atoms with E-state index in [-0.39, 0.29) is 18.8 Å². The molecule has 0 radical (unpaired) electrons. The number of hydrogen-bond donors (Lipinski definition) is 1. The average molecular weight is 370 g/mol. The summed E-state index contributed by atoms with van der Waals surface area (Å²) in [4.78, 5) is 26.5. The van der Waals surface area contributed by atoms with E-state index in [2.05, 4.69) is 4.98 Å². The third-order valence-corrected chi connectivity index (χ3v) is 4.16. The van der Waals surface area contributed by atoms with E-state index in [9.17, 15) is 9.59 Å². The van der Waals surface area contributed by atoms with Crippen LogP contribution in [-0.2, 0) is 20.8 Å². The van der Waals surface area contributed by atoms with Crippen LogP contribution in [0.2, 0.25) is 0 Å². The number of aromatic amines is 1. The summed E-state index contributed by atoms with van der Waals surface area (Å²) in [5.74, 6) is 0.367. The molecule has 1 fully saturated rings. The number of ether oxygens (including phenoxy) is 3. The van der Waals surface area contributed by atoms with Crippen LogP contribution in [0.3, 0.4) is 0 Å². The molecule has 1 aliphatic heterocycles. The van der Waals surface area contributed by atoms with Crippen LogP contribution in [0, 0.1) is 0 Å². The van der Waals surface area contributed by atoms with E-state index in [1.54, 1.807) is 12.1 Å². The van der Waals surface area contributed by atoms with Crippen molar-refractivity contribution in [2.45, 2.75) is 19.1 Å². The van der Waals surface area contributed by atoms with Gasteiger partial charge in [-0.3, -0.25) is 14.3 Å². The number of benzene rings is 1. The highest BCUT2D eigenvalue weighted by Gasteiger charge is 2.29. The molecule has 4 rings (SSSR count). The molecule has 8 nitrogen and oxygen atoms in total. The van der Waals surface area contributed by atoms with Crippen LogP contribution in [0.25, 0.3) is 11.3 Å². The summed E-state index contributed by atoms with van der Waals surface area (Å²) in [6, 6.07) is 13.1. The number of H-pyrrole nitrogens is 1. The van der Waals surface area contributed by atoms with Crippen molar-refractivity contribution in [1.82, 2.24) is 9.55 Å². The molecule has 0 amide bonds. The summed E-state index contributed by atoms with van der Waals surface area (Å²) < 4.78 is 23.4. The van der Waals surface area contributed by atoms with Crippen molar-refractivity contribution in [2.24, 2.45) is 0 Å². The molecule has 2 aromatic heterocycles. The number of nitrogens with one attached hydrogen (secondary N) is 1. The largest absolute Gasteiger partial charge is 0.464 e. The molecule has 0 saturated carbocycles. The fraction of sp³-hybridized carbons (Fsp3) is 0.263. The Labute approximate surface area is 153 Å². The number of hydrogen-bond acceptors (Lipinski definition) is 6. The minimum atomic E-state index is -0.659. The predicted octanol–water partition coefficient (Wildman–Crippen LogP) is 1.88. The van der Waals surface area contributed by atoms with E-state index in [0.29, 0.717) is 12.4 Å². The highest BCUT2D eigenvalue weighted by molar-refractivity contribution is 5.54. The van der Waals surface area contributed by atoms with Gasteiger partial charge in [0, 0.05) is 6.20 Å². The highest BCUT2D eigenvalue weighted by atomic mass is 16.7. The summed E-state index contributed by atoms with van der Waals surface area (Å²) in [6.45, 7) is 0.841. The normalized spacial score (nSPS) is 19.4. The van der Waals surface area contributed by atoms with E-state index < -0.39 is 23.8 Å². The third-order valence-electron chi connectivity index (χ3n) is 4.16. The fourth-order valence-corrected chi connectivity index (χ4v) is 2.83. The Kier molecular flexibility index (Phi) is 5.01. The van der Waals surface area contributed by atoms with Gasteiger partial charge >= 0.3 is 5.69 Å². The summed E-state index contributed by atoms with van der Waals surface area (Å²) in [6.07, 6.45) is 1.62. The average Bonchev–Trinajstić information content (AvgIpc) is 3.35. The smallest absolute Gasteiger partial charge is 0.330 e. The lowest BCUT2D eigenvalue weighted by Gasteiger charge is -2.14. The van der Waals surface area contributed by atoms with Gasteiger partial charge in [-0.25, -0.2) is 4.79 Å². The van der Waals surface area contributed by atoms with Crippen LogP contribution in [0.15, 0.2) is 68.9 Å². The van der Waals surface area contributed by atoms with Crippen molar-refractivity contribution >= 4 is 0 Å². The van der Waals surface area contributed by atoms with Crippen molar-refractivity contribution in [3.8, 4) is 11.3 Å². The van der Waals surface area contributed by atoms with Gasteiger partial charge in [0.2, 0.25) is 0 Å². The lowest BCUT2D eigenvalue weighted by atomic mass is 10.2. The molecule has 0 spiro atoms. The fourth-order valence-electron chi connectivity index (χ4n) is 2.83. The van der Waals surface area contributed by atoms with Crippen LogP contribution in [0.5, 0.6) is 0 Å². The van der Waals surface area contributed by atoms with Crippen molar-refractivity contribution in [3.63, 3.8) is 0 Å². The zero-order chi connectivity index (χ0) is 18.6. The van der Waals surface area contributed by atoms with E-state index in [1.807, 2.05) is 30.3 Å². The van der Waals surface area contributed by atoms with Gasteiger partial charge in [0.15, 0.2) is 12.5 Å². The SMILES string of the molecule is O=c1[nH]c(=O)n([C@H]2CO[C@@H](COCc3ccccc3)O2)cc1-c1ccco1. The minimum absolute atomic E-state index is 0.170. The van der Waals surface area contributed by atoms with Crippen molar-refractivity contribution in [2.75, 3.05) is 13.2 Å². The first-order valence-corrected chi connectivity index (χ1v) is 8.49. The highest BCUT2D eigenvalue weighted by Crippen LogP contribution is 2.22. The van der Waals surface area contributed by atoms with Crippen LogP contribution in [-0.4, -0.2) is 29.1 Å². The Morgan fingerprint density at radius 2 is 2.00 bits per heavy atom. The second kappa shape index (κ2) is 7.75. The molecule has 1 N–H and O–H groups in total. The molecule has 27 heavy (non-hydrogen) atoms. The molecule has 0 bridgehead atoms. The minimum Gasteiger partial charge on any atom is -0.464 e. The Morgan fingerprint density at radius 3 is 2.78 bits per heavy atom. The summed E-state index contributed by atoms with van der Waals surface area (Å²) in [5, 5.41) is 0. The predicted molar refractivity (Wildman–Crippen MR) is 95.0 cm³/mol. The van der Waals surface area contributed by atoms with Gasteiger partial charge in [-0.2, -0.15) is 0 Å². The number of rotatable bonds is 6. The van der Waals surface area contributed by atoms with Crippen molar-refractivity contribution < 1.29 is 18.6 Å². The first-order valence-electron chi connectivity index (χ1n) is 8.49. The zero-order valence-corrected chi connectivity index (χ0v) is 14.4. The molecule has 8 heteroatoms. The molecule has 3 aromatic rings. The van der Waals surface area contributed by atoms with Crippen molar-refractivity contribution in [3.05, 3.63) is 81.3 Å². The molecule has 2 atom stereocenters. The van der Waals surface area contributed by atoms with Gasteiger partial charge < -0.3 is 18.6 Å². The first-order chi connectivity index (χ1) is 13.2. The summed E-state index contributed by atoms with van der Waals surface area (Å²) in [7, 11) is 0.